The van der Waals surface area contributed by atoms with E-state index in [1.807, 2.05) is 36.4 Å². The van der Waals surface area contributed by atoms with Crippen molar-refractivity contribution >= 4 is 65.3 Å². The maximum atomic E-state index is 9.83. The highest BCUT2D eigenvalue weighted by Crippen LogP contribution is 2.42. The Kier molecular flexibility index (Phi) is 6.55. The molecule has 0 N–H and O–H groups in total. The van der Waals surface area contributed by atoms with E-state index in [2.05, 4.69) is 160 Å². The van der Waals surface area contributed by atoms with Crippen LogP contribution in [0.25, 0.3) is 99.2 Å². The lowest BCUT2D eigenvalue weighted by Gasteiger charge is -2.11. The van der Waals surface area contributed by atoms with Gasteiger partial charge >= 0.3 is 0 Å². The number of nitriles is 1. The minimum Gasteiger partial charge on any atom is -0.309 e. The Morgan fingerprint density at radius 3 is 1.93 bits per heavy atom. The predicted molar refractivity (Wildman–Crippen MR) is 221 cm³/mol. The Hall–Kier alpha value is -7.55. The largest absolute Gasteiger partial charge is 0.309 e. The Labute approximate surface area is 310 Å². The molecular weight excluding hydrogens is 659 g/mol. The van der Waals surface area contributed by atoms with Gasteiger partial charge in [-0.25, -0.2) is 9.97 Å². The van der Waals surface area contributed by atoms with Gasteiger partial charge in [0.2, 0.25) is 0 Å². The molecule has 0 saturated carbocycles. The standard InChI is InChI=1S/C49H29N5/c50-30-42-38-15-6-8-18-41(38)51-49(52-42)32-21-25-35(26-22-32)53-43-19-9-7-16-39(43)48-37(17-10-20-44(48)53)33-23-27-40-46(29-33)54(34-12-2-1-3-13-34)45-28-24-31-11-4-5-14-36(31)47(40)45/h1-29H. The number of nitrogens with zero attached hydrogens (tertiary/aromatic N) is 5. The Morgan fingerprint density at radius 2 is 1.07 bits per heavy atom. The van der Waals surface area contributed by atoms with E-state index in [1.165, 1.54) is 48.9 Å². The van der Waals surface area contributed by atoms with Gasteiger partial charge in [-0.2, -0.15) is 5.26 Å². The second-order valence-electron chi connectivity index (χ2n) is 13.7. The minimum atomic E-state index is 0.380. The summed E-state index contributed by atoms with van der Waals surface area (Å²) in [6, 6.07) is 64.3. The Morgan fingerprint density at radius 1 is 0.426 bits per heavy atom. The fraction of sp³-hybridized carbons (Fsp3) is 0. The molecule has 11 aromatic rings. The van der Waals surface area contributed by atoms with Crippen LogP contribution in [0.3, 0.4) is 0 Å². The van der Waals surface area contributed by atoms with E-state index >= 15 is 0 Å². The molecular formula is C49H29N5. The topological polar surface area (TPSA) is 59.4 Å². The average Bonchev–Trinajstić information content (AvgIpc) is 3.76. The number of aromatic nitrogens is 4. The van der Waals surface area contributed by atoms with Crippen LogP contribution in [-0.4, -0.2) is 19.1 Å². The third-order valence-electron chi connectivity index (χ3n) is 10.8. The molecule has 0 fully saturated rings. The third-order valence-corrected chi connectivity index (χ3v) is 10.8. The van der Waals surface area contributed by atoms with E-state index in [0.29, 0.717) is 11.5 Å². The van der Waals surface area contributed by atoms with Crippen LogP contribution in [0, 0.1) is 11.3 Å². The third kappa shape index (κ3) is 4.44. The zero-order valence-corrected chi connectivity index (χ0v) is 29.0. The highest BCUT2D eigenvalue weighted by molar-refractivity contribution is 6.22. The van der Waals surface area contributed by atoms with Crippen molar-refractivity contribution in [2.75, 3.05) is 0 Å². The molecule has 11 rings (SSSR count). The number of hydrogen-bond acceptors (Lipinski definition) is 3. The quantitative estimate of drug-likeness (QED) is 0.185. The van der Waals surface area contributed by atoms with Gasteiger partial charge in [0, 0.05) is 43.9 Å². The van der Waals surface area contributed by atoms with Crippen LogP contribution >= 0.6 is 0 Å². The summed E-state index contributed by atoms with van der Waals surface area (Å²) < 4.78 is 4.75. The van der Waals surface area contributed by atoms with Crippen molar-refractivity contribution in [1.82, 2.24) is 19.1 Å². The van der Waals surface area contributed by atoms with Crippen molar-refractivity contribution in [3.05, 3.63) is 182 Å². The zero-order valence-electron chi connectivity index (χ0n) is 29.0. The predicted octanol–water partition coefficient (Wildman–Crippen LogP) is 12.2. The van der Waals surface area contributed by atoms with Crippen molar-refractivity contribution in [2.45, 2.75) is 0 Å². The van der Waals surface area contributed by atoms with Crippen molar-refractivity contribution in [1.29, 1.82) is 5.26 Å². The second kappa shape index (κ2) is 11.7. The first-order valence-corrected chi connectivity index (χ1v) is 18.1. The van der Waals surface area contributed by atoms with E-state index in [1.54, 1.807) is 0 Å². The summed E-state index contributed by atoms with van der Waals surface area (Å²) >= 11 is 0. The molecule has 0 aliphatic heterocycles. The Bertz CT molecular complexity index is 3330. The molecule has 5 heteroatoms. The molecule has 250 valence electrons. The van der Waals surface area contributed by atoms with Crippen LogP contribution in [0.1, 0.15) is 5.69 Å². The normalized spacial score (nSPS) is 11.7. The van der Waals surface area contributed by atoms with Crippen LogP contribution in [-0.2, 0) is 0 Å². The lowest BCUT2D eigenvalue weighted by Crippen LogP contribution is -1.97. The van der Waals surface area contributed by atoms with E-state index in [4.69, 9.17) is 4.98 Å². The number of fused-ring (bicyclic) bond motifs is 9. The Balaban J connectivity index is 1.11. The van der Waals surface area contributed by atoms with E-state index in [9.17, 15) is 5.26 Å². The molecule has 0 unspecified atom stereocenters. The van der Waals surface area contributed by atoms with Gasteiger partial charge in [0.25, 0.3) is 0 Å². The van der Waals surface area contributed by atoms with Crippen LogP contribution in [0.5, 0.6) is 0 Å². The molecule has 3 heterocycles. The number of rotatable bonds is 4. The van der Waals surface area contributed by atoms with Crippen molar-refractivity contribution in [3.63, 3.8) is 0 Å². The SMILES string of the molecule is N#Cc1nc(-c2ccc(-n3c4ccccc4c4c(-c5ccc6c7c8ccccc8ccc7n(-c7ccccc7)c6c5)cccc43)cc2)nc2ccccc12. The molecule has 3 aromatic heterocycles. The summed E-state index contributed by atoms with van der Waals surface area (Å²) in [5.41, 5.74) is 11.2. The van der Waals surface area contributed by atoms with Crippen LogP contribution in [0.15, 0.2) is 176 Å². The van der Waals surface area contributed by atoms with Crippen LogP contribution in [0.4, 0.5) is 0 Å². The lowest BCUT2D eigenvalue weighted by atomic mass is 9.97. The van der Waals surface area contributed by atoms with E-state index in [-0.39, 0.29) is 0 Å². The summed E-state index contributed by atoms with van der Waals surface area (Å²) in [5.74, 6) is 0.539. The number of hydrogen-bond donors (Lipinski definition) is 0. The summed E-state index contributed by atoms with van der Waals surface area (Å²) in [5, 5.41) is 18.0. The van der Waals surface area contributed by atoms with Crippen molar-refractivity contribution in [3.8, 4) is 40.0 Å². The fourth-order valence-electron chi connectivity index (χ4n) is 8.40. The van der Waals surface area contributed by atoms with E-state index in [0.717, 1.165) is 44.4 Å². The summed E-state index contributed by atoms with van der Waals surface area (Å²) in [6.45, 7) is 0. The summed E-state index contributed by atoms with van der Waals surface area (Å²) in [6.07, 6.45) is 0. The zero-order chi connectivity index (χ0) is 35.8. The summed E-state index contributed by atoms with van der Waals surface area (Å²) in [4.78, 5) is 9.42. The van der Waals surface area contributed by atoms with Gasteiger partial charge in [-0.1, -0.05) is 103 Å². The minimum absolute atomic E-state index is 0.380. The molecule has 0 saturated heterocycles. The molecule has 0 aliphatic rings. The molecule has 0 aliphatic carbocycles. The first-order valence-electron chi connectivity index (χ1n) is 18.1. The van der Waals surface area contributed by atoms with Gasteiger partial charge in [-0.3, -0.25) is 0 Å². The monoisotopic (exact) mass is 687 g/mol. The molecule has 8 aromatic carbocycles. The number of benzene rings is 8. The van der Waals surface area contributed by atoms with Gasteiger partial charge in [0.1, 0.15) is 6.07 Å². The smallest absolute Gasteiger partial charge is 0.161 e. The van der Waals surface area contributed by atoms with Gasteiger partial charge in [0.15, 0.2) is 11.5 Å². The molecule has 54 heavy (non-hydrogen) atoms. The molecule has 0 amide bonds. The summed E-state index contributed by atoms with van der Waals surface area (Å²) in [7, 11) is 0. The lowest BCUT2D eigenvalue weighted by molar-refractivity contribution is 1.17. The van der Waals surface area contributed by atoms with Crippen LogP contribution in [0.2, 0.25) is 0 Å². The molecule has 0 atom stereocenters. The van der Waals surface area contributed by atoms with Gasteiger partial charge in [-0.05, 0) is 94.7 Å². The molecule has 0 bridgehead atoms. The van der Waals surface area contributed by atoms with E-state index < -0.39 is 0 Å². The number of para-hydroxylation sites is 3. The molecule has 0 radical (unpaired) electrons. The highest BCUT2D eigenvalue weighted by Gasteiger charge is 2.19. The first kappa shape index (κ1) is 30.1. The van der Waals surface area contributed by atoms with Gasteiger partial charge in [-0.15, -0.1) is 0 Å². The first-order chi connectivity index (χ1) is 26.7. The van der Waals surface area contributed by atoms with Crippen LogP contribution < -0.4 is 0 Å². The van der Waals surface area contributed by atoms with Gasteiger partial charge < -0.3 is 9.13 Å². The highest BCUT2D eigenvalue weighted by atomic mass is 15.0. The van der Waals surface area contributed by atoms with Crippen molar-refractivity contribution < 1.29 is 0 Å². The van der Waals surface area contributed by atoms with Crippen molar-refractivity contribution in [2.24, 2.45) is 0 Å². The second-order valence-corrected chi connectivity index (χ2v) is 13.7. The molecule has 0 spiro atoms. The molecule has 5 nitrogen and oxygen atoms in total. The van der Waals surface area contributed by atoms with Gasteiger partial charge in [0.05, 0.1) is 27.6 Å². The maximum absolute atomic E-state index is 9.83. The fourth-order valence-corrected chi connectivity index (χ4v) is 8.40. The average molecular weight is 688 g/mol. The maximum Gasteiger partial charge on any atom is 0.161 e.